The number of carbonyl (C=O) groups is 1. The molecule has 2 aromatic heterocycles. The Bertz CT molecular complexity index is 1580. The Labute approximate surface area is 232 Å². The number of hydrogen-bond acceptors (Lipinski definition) is 9. The van der Waals surface area contributed by atoms with Crippen molar-refractivity contribution in [2.45, 2.75) is 66.2 Å². The lowest BCUT2D eigenvalue weighted by Gasteiger charge is -2.31. The average molecular weight is 547 g/mol. The molecule has 0 saturated carbocycles. The minimum absolute atomic E-state index is 0.0939. The molecular weight excluding hydrogens is 512 g/mol. The smallest absolute Gasteiger partial charge is 0.327 e. The summed E-state index contributed by atoms with van der Waals surface area (Å²) in [5.41, 5.74) is 4.48. The molecule has 210 valence electrons. The Balaban J connectivity index is 1.55. The molecule has 11 heteroatoms. The van der Waals surface area contributed by atoms with Gasteiger partial charge in [0.15, 0.2) is 17.3 Å². The van der Waals surface area contributed by atoms with E-state index in [2.05, 4.69) is 38.4 Å². The van der Waals surface area contributed by atoms with Crippen molar-refractivity contribution in [3.63, 3.8) is 0 Å². The van der Waals surface area contributed by atoms with Gasteiger partial charge in [-0.15, -0.1) is 5.10 Å². The van der Waals surface area contributed by atoms with Crippen LogP contribution in [-0.2, 0) is 29.2 Å². The number of benzene rings is 2. The van der Waals surface area contributed by atoms with E-state index in [9.17, 15) is 9.59 Å². The van der Waals surface area contributed by atoms with E-state index in [1.54, 1.807) is 6.92 Å². The first-order chi connectivity index (χ1) is 19.4. The summed E-state index contributed by atoms with van der Waals surface area (Å²) in [5, 5.41) is 13.3. The van der Waals surface area contributed by atoms with Crippen molar-refractivity contribution in [2.24, 2.45) is 0 Å². The van der Waals surface area contributed by atoms with Gasteiger partial charge in [-0.2, -0.15) is 0 Å². The van der Waals surface area contributed by atoms with Gasteiger partial charge in [-0.1, -0.05) is 25.5 Å². The number of fused-ring (bicyclic) bond motifs is 2. The highest BCUT2D eigenvalue weighted by atomic mass is 16.7. The van der Waals surface area contributed by atoms with Crippen molar-refractivity contribution in [3.05, 3.63) is 74.8 Å². The van der Waals surface area contributed by atoms with Crippen molar-refractivity contribution < 1.29 is 19.0 Å². The first-order valence-electron chi connectivity index (χ1n) is 13.5. The quantitative estimate of drug-likeness (QED) is 0.278. The highest BCUT2D eigenvalue weighted by Crippen LogP contribution is 2.34. The molecule has 0 aliphatic carbocycles. The summed E-state index contributed by atoms with van der Waals surface area (Å²) in [7, 11) is 0. The van der Waals surface area contributed by atoms with Crippen LogP contribution in [0.2, 0.25) is 0 Å². The number of esters is 1. The molecule has 1 atom stereocenters. The molecule has 5 rings (SSSR count). The number of nitrogens with zero attached hydrogens (tertiary/aromatic N) is 5. The number of aromatic amines is 1. The molecule has 1 aliphatic heterocycles. The van der Waals surface area contributed by atoms with E-state index in [1.807, 2.05) is 44.2 Å². The molecule has 0 bridgehead atoms. The summed E-state index contributed by atoms with van der Waals surface area (Å²) in [5.74, 6) is 1.52. The van der Waals surface area contributed by atoms with E-state index in [4.69, 9.17) is 14.2 Å². The van der Waals surface area contributed by atoms with Crippen LogP contribution in [0.4, 0.5) is 0 Å². The van der Waals surface area contributed by atoms with Gasteiger partial charge in [0.25, 0.3) is 5.56 Å². The maximum absolute atomic E-state index is 13.3. The van der Waals surface area contributed by atoms with Crippen LogP contribution in [-0.4, -0.2) is 49.5 Å². The molecular formula is C29H34N6O5. The Kier molecular flexibility index (Phi) is 8.11. The maximum Gasteiger partial charge on any atom is 0.327 e. The van der Waals surface area contributed by atoms with Crippen molar-refractivity contribution in [2.75, 3.05) is 13.4 Å². The third-order valence-electron chi connectivity index (χ3n) is 7.03. The lowest BCUT2D eigenvalue weighted by molar-refractivity contribution is -0.144. The fourth-order valence-corrected chi connectivity index (χ4v) is 5.24. The number of rotatable bonds is 11. The van der Waals surface area contributed by atoms with Crippen LogP contribution in [0, 0.1) is 13.8 Å². The van der Waals surface area contributed by atoms with Gasteiger partial charge in [0.05, 0.1) is 12.6 Å². The molecule has 0 radical (unpaired) electrons. The predicted molar refractivity (Wildman–Crippen MR) is 148 cm³/mol. The first kappa shape index (κ1) is 27.3. The topological polar surface area (TPSA) is 124 Å². The molecule has 2 aromatic carbocycles. The number of nitrogens with one attached hydrogen (secondary N) is 1. The van der Waals surface area contributed by atoms with Crippen molar-refractivity contribution in [3.8, 4) is 11.5 Å². The molecule has 0 fully saturated rings. The molecule has 0 amide bonds. The average Bonchev–Trinajstić information content (AvgIpc) is 3.57. The summed E-state index contributed by atoms with van der Waals surface area (Å²) in [4.78, 5) is 30.9. The second-order valence-electron chi connectivity index (χ2n) is 10.1. The summed E-state index contributed by atoms with van der Waals surface area (Å²) in [6.07, 6.45) is 1.54. The fraction of sp³-hybridized carbons (Fsp3) is 0.414. The fourth-order valence-electron chi connectivity index (χ4n) is 5.24. The van der Waals surface area contributed by atoms with Gasteiger partial charge in [-0.05, 0) is 78.6 Å². The van der Waals surface area contributed by atoms with Gasteiger partial charge in [-0.3, -0.25) is 14.5 Å². The monoisotopic (exact) mass is 546 g/mol. The van der Waals surface area contributed by atoms with Crippen LogP contribution >= 0.6 is 0 Å². The third-order valence-corrected chi connectivity index (χ3v) is 7.03. The van der Waals surface area contributed by atoms with E-state index in [1.165, 1.54) is 4.68 Å². The number of pyridine rings is 1. The van der Waals surface area contributed by atoms with Gasteiger partial charge < -0.3 is 19.2 Å². The number of hydrogen-bond donors (Lipinski definition) is 1. The van der Waals surface area contributed by atoms with Gasteiger partial charge in [0.1, 0.15) is 6.54 Å². The standard InChI is InChI=1S/C29H34N6O5/c1-5-7-24(28-31-32-33-35(28)16-27(36)38-6-2)34(14-20-8-9-25-26(12-20)40-17-39-25)15-21-13-22-19(4)10-18(3)11-23(22)30-29(21)37/h8-13,24H,5-7,14-17H2,1-4H3,(H,30,37)/t24-/m0/s1. The van der Waals surface area contributed by atoms with Crippen molar-refractivity contribution in [1.29, 1.82) is 0 Å². The Morgan fingerprint density at radius 3 is 2.75 bits per heavy atom. The summed E-state index contributed by atoms with van der Waals surface area (Å²) in [6, 6.07) is 11.6. The van der Waals surface area contributed by atoms with Crippen LogP contribution < -0.4 is 15.0 Å². The zero-order chi connectivity index (χ0) is 28.2. The molecule has 0 unspecified atom stereocenters. The first-order valence-corrected chi connectivity index (χ1v) is 13.5. The largest absolute Gasteiger partial charge is 0.465 e. The number of carbonyl (C=O) groups excluding carboxylic acids is 1. The van der Waals surface area contributed by atoms with E-state index < -0.39 is 5.97 Å². The third kappa shape index (κ3) is 5.84. The number of tetrazole rings is 1. The highest BCUT2D eigenvalue weighted by molar-refractivity contribution is 5.83. The van der Waals surface area contributed by atoms with Gasteiger partial charge in [0.2, 0.25) is 6.79 Å². The van der Waals surface area contributed by atoms with Crippen molar-refractivity contribution in [1.82, 2.24) is 30.1 Å². The lowest BCUT2D eigenvalue weighted by atomic mass is 10.0. The van der Waals surface area contributed by atoms with E-state index in [-0.39, 0.29) is 31.5 Å². The minimum atomic E-state index is -0.412. The molecule has 1 aliphatic rings. The molecule has 11 nitrogen and oxygen atoms in total. The summed E-state index contributed by atoms with van der Waals surface area (Å²) < 4.78 is 17.7. The number of H-pyrrole nitrogens is 1. The van der Waals surface area contributed by atoms with Gasteiger partial charge in [0, 0.05) is 29.6 Å². The highest BCUT2D eigenvalue weighted by Gasteiger charge is 2.28. The van der Waals surface area contributed by atoms with E-state index in [0.717, 1.165) is 34.0 Å². The second-order valence-corrected chi connectivity index (χ2v) is 10.1. The van der Waals surface area contributed by atoms with Crippen molar-refractivity contribution >= 4 is 16.9 Å². The lowest BCUT2D eigenvalue weighted by Crippen LogP contribution is -2.33. The summed E-state index contributed by atoms with van der Waals surface area (Å²) >= 11 is 0. The Hall–Kier alpha value is -4.25. The Morgan fingerprint density at radius 1 is 1.12 bits per heavy atom. The van der Waals surface area contributed by atoms with Gasteiger partial charge >= 0.3 is 5.97 Å². The van der Waals surface area contributed by atoms with Gasteiger partial charge in [-0.25, -0.2) is 4.68 Å². The number of aryl methyl sites for hydroxylation is 2. The van der Waals surface area contributed by atoms with E-state index >= 15 is 0 Å². The molecule has 0 spiro atoms. The second kappa shape index (κ2) is 11.9. The molecule has 3 heterocycles. The van der Waals surface area contributed by atoms with E-state index in [0.29, 0.717) is 42.4 Å². The SMILES string of the molecule is CCC[C@@H](c1nnnn1CC(=O)OCC)N(Cc1ccc2c(c1)OCO2)Cc1cc2c(C)cc(C)cc2[nH]c1=O. The molecule has 0 saturated heterocycles. The predicted octanol–water partition coefficient (Wildman–Crippen LogP) is 3.97. The number of aromatic nitrogens is 5. The molecule has 40 heavy (non-hydrogen) atoms. The zero-order valence-electron chi connectivity index (χ0n) is 23.3. The summed E-state index contributed by atoms with van der Waals surface area (Å²) in [6.45, 7) is 9.09. The van der Waals surface area contributed by atoms with Crippen LogP contribution in [0.25, 0.3) is 10.9 Å². The Morgan fingerprint density at radius 2 is 1.95 bits per heavy atom. The normalized spacial score (nSPS) is 13.2. The zero-order valence-corrected chi connectivity index (χ0v) is 23.3. The van der Waals surface area contributed by atoms with Crippen LogP contribution in [0.15, 0.2) is 41.2 Å². The van der Waals surface area contributed by atoms with Crippen LogP contribution in [0.5, 0.6) is 11.5 Å². The minimum Gasteiger partial charge on any atom is -0.465 e. The maximum atomic E-state index is 13.3. The molecule has 1 N–H and O–H groups in total. The van der Waals surface area contributed by atoms with Crippen LogP contribution in [0.3, 0.4) is 0 Å². The number of ether oxygens (including phenoxy) is 3. The van der Waals surface area contributed by atoms with Crippen LogP contribution in [0.1, 0.15) is 60.8 Å². The molecule has 4 aromatic rings.